The van der Waals surface area contributed by atoms with Crippen LogP contribution >= 0.6 is 0 Å². The van der Waals surface area contributed by atoms with Gasteiger partial charge in [0.25, 0.3) is 0 Å². The van der Waals surface area contributed by atoms with Gasteiger partial charge in [0.15, 0.2) is 0 Å². The molecule has 1 aromatic carbocycles. The van der Waals surface area contributed by atoms with Crippen LogP contribution < -0.4 is 4.74 Å². The summed E-state index contributed by atoms with van der Waals surface area (Å²) < 4.78 is 20.4. The van der Waals surface area contributed by atoms with Crippen LogP contribution in [0.15, 0.2) is 55.2 Å². The molecule has 4 rings (SSSR count). The second kappa shape index (κ2) is 6.86. The first kappa shape index (κ1) is 14.9. The third kappa shape index (κ3) is 3.32. The van der Waals surface area contributed by atoms with E-state index in [1.807, 2.05) is 51.9 Å². The Hall–Kier alpha value is -2.64. The summed E-state index contributed by atoms with van der Waals surface area (Å²) in [5.74, 6) is 0. The highest BCUT2D eigenvalue weighted by Gasteiger charge is 2.19. The van der Waals surface area contributed by atoms with Crippen LogP contribution in [0.25, 0.3) is 5.69 Å². The van der Waals surface area contributed by atoms with Crippen molar-refractivity contribution in [3.05, 3.63) is 60.9 Å². The quantitative estimate of drug-likeness (QED) is 0.692. The van der Waals surface area contributed by atoms with E-state index >= 15 is 0 Å². The fourth-order valence-electron chi connectivity index (χ4n) is 2.56. The molecular weight excluding hydrogens is 308 g/mol. The van der Waals surface area contributed by atoms with Crippen LogP contribution in [0.1, 0.15) is 5.69 Å². The molecule has 1 unspecified atom stereocenters. The summed E-state index contributed by atoms with van der Waals surface area (Å²) in [6, 6.07) is 10.5. The summed E-state index contributed by atoms with van der Waals surface area (Å²) in [5, 5.41) is 0. The average Bonchev–Trinajstić information content (AvgIpc) is 3.36. The van der Waals surface area contributed by atoms with E-state index in [0.29, 0.717) is 32.6 Å². The summed E-state index contributed by atoms with van der Waals surface area (Å²) in [6.07, 6.45) is 7.36. The highest BCUT2D eigenvalue weighted by atomic mass is 16.7. The fourth-order valence-corrected chi connectivity index (χ4v) is 2.56. The van der Waals surface area contributed by atoms with E-state index in [-0.39, 0.29) is 6.10 Å². The first-order valence-electron chi connectivity index (χ1n) is 7.80. The van der Waals surface area contributed by atoms with Crippen LogP contribution in [0.3, 0.4) is 0 Å². The molecule has 0 N–H and O–H groups in total. The second-order valence-corrected chi connectivity index (χ2v) is 5.54. The molecule has 0 amide bonds. The maximum absolute atomic E-state index is 5.90. The number of rotatable bonds is 6. The van der Waals surface area contributed by atoms with E-state index in [1.54, 1.807) is 12.5 Å². The van der Waals surface area contributed by atoms with Gasteiger partial charge in [0, 0.05) is 18.6 Å². The number of nitrogens with zero attached hydrogens (tertiary/aromatic N) is 4. The number of aromatic nitrogens is 4. The molecule has 1 aliphatic rings. The maximum atomic E-state index is 5.90. The van der Waals surface area contributed by atoms with E-state index in [0.717, 1.165) is 11.4 Å². The lowest BCUT2D eigenvalue weighted by atomic mass is 10.3. The van der Waals surface area contributed by atoms with Crippen molar-refractivity contribution in [2.45, 2.75) is 12.6 Å². The van der Waals surface area contributed by atoms with Gasteiger partial charge in [-0.25, -0.2) is 4.98 Å². The largest absolute Gasteiger partial charge is 0.462 e. The maximum Gasteiger partial charge on any atom is 0.301 e. The molecule has 1 atom stereocenters. The van der Waals surface area contributed by atoms with E-state index in [9.17, 15) is 0 Å². The topological polar surface area (TPSA) is 63.3 Å². The van der Waals surface area contributed by atoms with E-state index in [2.05, 4.69) is 9.97 Å². The van der Waals surface area contributed by atoms with Gasteiger partial charge in [-0.1, -0.05) is 18.2 Å². The van der Waals surface area contributed by atoms with Crippen molar-refractivity contribution >= 4 is 0 Å². The van der Waals surface area contributed by atoms with Gasteiger partial charge in [-0.15, -0.1) is 0 Å². The van der Waals surface area contributed by atoms with Crippen LogP contribution in [-0.4, -0.2) is 45.2 Å². The SMILES string of the molecule is c1ccc(-n2cc(Cn3ccnc3)nc2OCC2COCO2)cc1. The lowest BCUT2D eigenvalue weighted by Gasteiger charge is -2.11. The van der Waals surface area contributed by atoms with Gasteiger partial charge in [-0.3, -0.25) is 4.57 Å². The van der Waals surface area contributed by atoms with Crippen LogP contribution in [-0.2, 0) is 16.0 Å². The Labute approximate surface area is 139 Å². The molecular formula is C17H18N4O3. The van der Waals surface area contributed by atoms with Crippen molar-refractivity contribution in [2.24, 2.45) is 0 Å². The minimum atomic E-state index is -0.0528. The van der Waals surface area contributed by atoms with Gasteiger partial charge in [-0.2, -0.15) is 4.98 Å². The molecule has 1 saturated heterocycles. The summed E-state index contributed by atoms with van der Waals surface area (Å²) in [7, 11) is 0. The molecule has 7 nitrogen and oxygen atoms in total. The Morgan fingerprint density at radius 1 is 1.25 bits per heavy atom. The van der Waals surface area contributed by atoms with Crippen LogP contribution in [0, 0.1) is 0 Å². The van der Waals surface area contributed by atoms with Gasteiger partial charge in [0.2, 0.25) is 0 Å². The molecule has 0 radical (unpaired) electrons. The van der Waals surface area contributed by atoms with Gasteiger partial charge in [0.05, 0.1) is 30.9 Å². The molecule has 0 saturated carbocycles. The zero-order valence-corrected chi connectivity index (χ0v) is 13.1. The monoisotopic (exact) mass is 326 g/mol. The third-order valence-electron chi connectivity index (χ3n) is 3.75. The van der Waals surface area contributed by atoms with E-state index in [1.165, 1.54) is 0 Å². The van der Waals surface area contributed by atoms with Crippen molar-refractivity contribution < 1.29 is 14.2 Å². The van der Waals surface area contributed by atoms with Crippen molar-refractivity contribution in [2.75, 3.05) is 20.0 Å². The molecule has 0 spiro atoms. The summed E-state index contributed by atoms with van der Waals surface area (Å²) >= 11 is 0. The smallest absolute Gasteiger partial charge is 0.301 e. The number of hydrogen-bond donors (Lipinski definition) is 0. The summed E-state index contributed by atoms with van der Waals surface area (Å²) in [5.41, 5.74) is 1.90. The second-order valence-electron chi connectivity index (χ2n) is 5.54. The van der Waals surface area contributed by atoms with Crippen LogP contribution in [0.2, 0.25) is 0 Å². The Morgan fingerprint density at radius 2 is 2.17 bits per heavy atom. The number of para-hydroxylation sites is 1. The first-order valence-corrected chi connectivity index (χ1v) is 7.80. The van der Waals surface area contributed by atoms with Crippen molar-refractivity contribution in [1.29, 1.82) is 0 Å². The number of benzene rings is 1. The minimum Gasteiger partial charge on any atom is -0.462 e. The van der Waals surface area contributed by atoms with Gasteiger partial charge in [-0.05, 0) is 12.1 Å². The Bertz CT molecular complexity index is 765. The highest BCUT2D eigenvalue weighted by molar-refractivity contribution is 5.35. The van der Waals surface area contributed by atoms with Crippen molar-refractivity contribution in [3.63, 3.8) is 0 Å². The van der Waals surface area contributed by atoms with Crippen molar-refractivity contribution in [1.82, 2.24) is 19.1 Å². The normalized spacial score (nSPS) is 17.2. The van der Waals surface area contributed by atoms with E-state index in [4.69, 9.17) is 14.2 Å². The number of hydrogen-bond acceptors (Lipinski definition) is 5. The van der Waals surface area contributed by atoms with Gasteiger partial charge in [0.1, 0.15) is 19.5 Å². The third-order valence-corrected chi connectivity index (χ3v) is 3.75. The zero-order valence-electron chi connectivity index (χ0n) is 13.1. The Morgan fingerprint density at radius 3 is 2.92 bits per heavy atom. The predicted octanol–water partition coefficient (Wildman–Crippen LogP) is 1.87. The summed E-state index contributed by atoms with van der Waals surface area (Å²) in [6.45, 7) is 1.93. The number of ether oxygens (including phenoxy) is 3. The zero-order chi connectivity index (χ0) is 16.2. The molecule has 124 valence electrons. The molecule has 0 bridgehead atoms. The molecule has 3 heterocycles. The highest BCUT2D eigenvalue weighted by Crippen LogP contribution is 2.20. The molecule has 0 aliphatic carbocycles. The lowest BCUT2D eigenvalue weighted by Crippen LogP contribution is -2.20. The molecule has 3 aromatic rings. The van der Waals surface area contributed by atoms with Crippen LogP contribution in [0.4, 0.5) is 0 Å². The predicted molar refractivity (Wildman–Crippen MR) is 86.1 cm³/mol. The van der Waals surface area contributed by atoms with Gasteiger partial charge >= 0.3 is 6.01 Å². The lowest BCUT2D eigenvalue weighted by molar-refractivity contribution is 0.0304. The molecule has 1 aliphatic heterocycles. The van der Waals surface area contributed by atoms with Crippen molar-refractivity contribution in [3.8, 4) is 11.7 Å². The van der Waals surface area contributed by atoms with E-state index < -0.39 is 0 Å². The molecule has 24 heavy (non-hydrogen) atoms. The number of imidazole rings is 2. The summed E-state index contributed by atoms with van der Waals surface area (Å²) in [4.78, 5) is 8.68. The minimum absolute atomic E-state index is 0.0528. The van der Waals surface area contributed by atoms with Gasteiger partial charge < -0.3 is 18.8 Å². The molecule has 7 heteroatoms. The molecule has 2 aromatic heterocycles. The van der Waals surface area contributed by atoms with Crippen LogP contribution in [0.5, 0.6) is 6.01 Å². The Balaban J connectivity index is 1.58. The molecule has 1 fully saturated rings. The fraction of sp³-hybridized carbons (Fsp3) is 0.294. The Kier molecular flexibility index (Phi) is 4.26. The standard InChI is InChI=1S/C17H18N4O3/c1-2-4-15(5-3-1)21-9-14(8-20-7-6-18-12-20)19-17(21)23-11-16-10-22-13-24-16/h1-7,9,12,16H,8,10-11,13H2. The average molecular weight is 326 g/mol. The first-order chi connectivity index (χ1) is 11.9.